The van der Waals surface area contributed by atoms with Gasteiger partial charge in [0, 0.05) is 13.6 Å². The Kier molecular flexibility index (Phi) is 4.85. The Morgan fingerprint density at radius 1 is 1.24 bits per heavy atom. The molecule has 0 fully saturated rings. The van der Waals surface area contributed by atoms with Crippen molar-refractivity contribution in [3.8, 4) is 5.75 Å². The first-order chi connectivity index (χ1) is 10.0. The van der Waals surface area contributed by atoms with E-state index in [1.165, 1.54) is 12.1 Å². The van der Waals surface area contributed by atoms with E-state index < -0.39 is 17.4 Å². The van der Waals surface area contributed by atoms with E-state index in [1.807, 2.05) is 6.92 Å². The number of hydrogen-bond donors (Lipinski definition) is 1. The van der Waals surface area contributed by atoms with E-state index in [4.69, 9.17) is 4.74 Å². The molecule has 21 heavy (non-hydrogen) atoms. The van der Waals surface area contributed by atoms with Gasteiger partial charge in [-0.3, -0.25) is 0 Å². The molecule has 0 atom stereocenters. The number of nitrogens with one attached hydrogen (secondary N) is 1. The molecule has 0 amide bonds. The number of aryl methyl sites for hydroxylation is 1. The van der Waals surface area contributed by atoms with Crippen molar-refractivity contribution >= 4 is 0 Å². The van der Waals surface area contributed by atoms with Gasteiger partial charge in [-0.05, 0) is 31.2 Å². The summed E-state index contributed by atoms with van der Waals surface area (Å²) in [4.78, 5) is 0. The van der Waals surface area contributed by atoms with E-state index in [9.17, 15) is 8.78 Å². The Balaban J connectivity index is 2.11. The zero-order valence-corrected chi connectivity index (χ0v) is 12.3. The second-order valence-corrected chi connectivity index (χ2v) is 4.68. The van der Waals surface area contributed by atoms with Crippen LogP contribution >= 0.6 is 0 Å². The maximum Gasteiger partial charge on any atom is 0.191 e. The second kappa shape index (κ2) is 6.62. The summed E-state index contributed by atoms with van der Waals surface area (Å²) in [6.07, 6.45) is 0. The van der Waals surface area contributed by atoms with Crippen molar-refractivity contribution in [3.63, 3.8) is 0 Å². The highest BCUT2D eigenvalue weighted by molar-refractivity contribution is 5.31. The largest absolute Gasteiger partial charge is 0.479 e. The van der Waals surface area contributed by atoms with Crippen LogP contribution in [-0.2, 0) is 20.2 Å². The molecule has 0 spiro atoms. The standard InChI is InChI=1S/C14H18F2N4O/c1-4-17-7-10-5-11(15)14(12(16)6-10)21-8-13-19-18-9(2)20(13)3/h5-6,17H,4,7-8H2,1-3H3. The molecule has 0 aliphatic rings. The summed E-state index contributed by atoms with van der Waals surface area (Å²) >= 11 is 0. The van der Waals surface area contributed by atoms with Gasteiger partial charge in [0.1, 0.15) is 12.4 Å². The maximum absolute atomic E-state index is 13.9. The first-order valence-corrected chi connectivity index (χ1v) is 6.69. The molecule has 0 aliphatic carbocycles. The van der Waals surface area contributed by atoms with Crippen LogP contribution < -0.4 is 10.1 Å². The fourth-order valence-electron chi connectivity index (χ4n) is 1.84. The maximum atomic E-state index is 13.9. The second-order valence-electron chi connectivity index (χ2n) is 4.68. The highest BCUT2D eigenvalue weighted by Gasteiger charge is 2.14. The minimum atomic E-state index is -0.721. The van der Waals surface area contributed by atoms with E-state index >= 15 is 0 Å². The van der Waals surface area contributed by atoms with Gasteiger partial charge >= 0.3 is 0 Å². The van der Waals surface area contributed by atoms with Gasteiger partial charge < -0.3 is 14.6 Å². The molecule has 7 heteroatoms. The summed E-state index contributed by atoms with van der Waals surface area (Å²) in [5.74, 6) is -0.627. The lowest BCUT2D eigenvalue weighted by atomic mass is 10.2. The van der Waals surface area contributed by atoms with Crippen molar-refractivity contribution in [2.45, 2.75) is 27.0 Å². The van der Waals surface area contributed by atoms with E-state index in [2.05, 4.69) is 15.5 Å². The summed E-state index contributed by atoms with van der Waals surface area (Å²) in [6.45, 7) is 4.80. The third-order valence-electron chi connectivity index (χ3n) is 3.17. The first kappa shape index (κ1) is 15.4. The highest BCUT2D eigenvalue weighted by Crippen LogP contribution is 2.24. The normalized spacial score (nSPS) is 10.9. The Labute approximate surface area is 121 Å². The number of halogens is 2. The zero-order valence-electron chi connectivity index (χ0n) is 12.3. The Morgan fingerprint density at radius 3 is 2.43 bits per heavy atom. The first-order valence-electron chi connectivity index (χ1n) is 6.69. The SMILES string of the molecule is CCNCc1cc(F)c(OCc2nnc(C)n2C)c(F)c1. The molecule has 0 unspecified atom stereocenters. The van der Waals surface area contributed by atoms with E-state index in [1.54, 1.807) is 18.5 Å². The average Bonchev–Trinajstić information content (AvgIpc) is 2.76. The predicted octanol–water partition coefficient (Wildman–Crippen LogP) is 2.09. The van der Waals surface area contributed by atoms with Crippen molar-refractivity contribution in [1.82, 2.24) is 20.1 Å². The molecular formula is C14H18F2N4O. The van der Waals surface area contributed by atoms with Crippen LogP contribution in [-0.4, -0.2) is 21.3 Å². The topological polar surface area (TPSA) is 52.0 Å². The van der Waals surface area contributed by atoms with Crippen LogP contribution in [0.4, 0.5) is 8.78 Å². The van der Waals surface area contributed by atoms with Gasteiger partial charge in [-0.2, -0.15) is 0 Å². The molecule has 0 saturated carbocycles. The summed E-state index contributed by atoms with van der Waals surface area (Å²) in [5, 5.41) is 10.7. The fourth-order valence-corrected chi connectivity index (χ4v) is 1.84. The molecule has 0 bridgehead atoms. The third-order valence-corrected chi connectivity index (χ3v) is 3.17. The van der Waals surface area contributed by atoms with Crippen molar-refractivity contribution < 1.29 is 13.5 Å². The number of benzene rings is 1. The van der Waals surface area contributed by atoms with Gasteiger partial charge in [0.25, 0.3) is 0 Å². The molecule has 1 aromatic heterocycles. The molecule has 5 nitrogen and oxygen atoms in total. The van der Waals surface area contributed by atoms with Crippen LogP contribution in [0.25, 0.3) is 0 Å². The lowest BCUT2D eigenvalue weighted by molar-refractivity contribution is 0.261. The van der Waals surface area contributed by atoms with Crippen LogP contribution in [0.5, 0.6) is 5.75 Å². The van der Waals surface area contributed by atoms with Crippen LogP contribution in [0.3, 0.4) is 0 Å². The molecular weight excluding hydrogens is 278 g/mol. The molecule has 0 radical (unpaired) electrons. The van der Waals surface area contributed by atoms with E-state index in [0.29, 0.717) is 23.8 Å². The highest BCUT2D eigenvalue weighted by atomic mass is 19.1. The van der Waals surface area contributed by atoms with Crippen LogP contribution in [0.15, 0.2) is 12.1 Å². The van der Waals surface area contributed by atoms with Gasteiger partial charge in [0.05, 0.1) is 0 Å². The van der Waals surface area contributed by atoms with Crippen molar-refractivity contribution in [1.29, 1.82) is 0 Å². The summed E-state index contributed by atoms with van der Waals surface area (Å²) in [7, 11) is 1.76. The van der Waals surface area contributed by atoms with Gasteiger partial charge in [-0.25, -0.2) is 8.78 Å². The summed E-state index contributed by atoms with van der Waals surface area (Å²) in [5.41, 5.74) is 0.536. The number of nitrogens with zero attached hydrogens (tertiary/aromatic N) is 3. The van der Waals surface area contributed by atoms with E-state index in [0.717, 1.165) is 6.54 Å². The van der Waals surface area contributed by atoms with Crippen LogP contribution in [0.2, 0.25) is 0 Å². The molecule has 1 heterocycles. The lowest BCUT2D eigenvalue weighted by Crippen LogP contribution is -2.12. The molecule has 2 aromatic rings. The quantitative estimate of drug-likeness (QED) is 0.887. The molecule has 2 rings (SSSR count). The summed E-state index contributed by atoms with van der Waals surface area (Å²) < 4.78 is 34.7. The van der Waals surface area contributed by atoms with E-state index in [-0.39, 0.29) is 6.61 Å². The fraction of sp³-hybridized carbons (Fsp3) is 0.429. The molecule has 1 N–H and O–H groups in total. The average molecular weight is 296 g/mol. The number of hydrogen-bond acceptors (Lipinski definition) is 4. The van der Waals surface area contributed by atoms with Crippen molar-refractivity contribution in [3.05, 3.63) is 41.0 Å². The lowest BCUT2D eigenvalue weighted by Gasteiger charge is -2.10. The Bertz CT molecular complexity index is 604. The van der Waals surface area contributed by atoms with Gasteiger partial charge in [-0.15, -0.1) is 10.2 Å². The van der Waals surface area contributed by atoms with Gasteiger partial charge in [-0.1, -0.05) is 6.92 Å². The number of rotatable bonds is 6. The molecule has 0 aliphatic heterocycles. The summed E-state index contributed by atoms with van der Waals surface area (Å²) in [6, 6.07) is 2.53. The molecule has 114 valence electrons. The smallest absolute Gasteiger partial charge is 0.191 e. The van der Waals surface area contributed by atoms with Crippen molar-refractivity contribution in [2.24, 2.45) is 7.05 Å². The number of aromatic nitrogens is 3. The minimum absolute atomic E-state index is 0.0439. The molecule has 0 saturated heterocycles. The third kappa shape index (κ3) is 3.55. The van der Waals surface area contributed by atoms with Crippen molar-refractivity contribution in [2.75, 3.05) is 6.54 Å². The monoisotopic (exact) mass is 296 g/mol. The molecule has 1 aromatic carbocycles. The predicted molar refractivity (Wildman–Crippen MR) is 73.8 cm³/mol. The Hall–Kier alpha value is -2.02. The zero-order chi connectivity index (χ0) is 15.4. The Morgan fingerprint density at radius 2 is 1.90 bits per heavy atom. The van der Waals surface area contributed by atoms with Crippen LogP contribution in [0.1, 0.15) is 24.1 Å². The van der Waals surface area contributed by atoms with Gasteiger partial charge in [0.15, 0.2) is 23.2 Å². The minimum Gasteiger partial charge on any atom is -0.479 e. The van der Waals surface area contributed by atoms with Crippen LogP contribution in [0, 0.1) is 18.6 Å². The number of ether oxygens (including phenoxy) is 1. The van der Waals surface area contributed by atoms with Gasteiger partial charge in [0.2, 0.25) is 0 Å².